The van der Waals surface area contributed by atoms with Gasteiger partial charge in [0.2, 0.25) is 0 Å². The maximum absolute atomic E-state index is 11.6. The van der Waals surface area contributed by atoms with Crippen LogP contribution in [0.2, 0.25) is 0 Å². The molecule has 0 aliphatic carbocycles. The van der Waals surface area contributed by atoms with E-state index in [1.165, 1.54) is 18.2 Å². The molecule has 0 bridgehead atoms. The first-order valence-electron chi connectivity index (χ1n) is 6.63. The number of carbonyl (C=O) groups excluding carboxylic acids is 1. The summed E-state index contributed by atoms with van der Waals surface area (Å²) in [6, 6.07) is 6.30. The second-order valence-corrected chi connectivity index (χ2v) is 4.81. The van der Waals surface area contributed by atoms with Crippen molar-refractivity contribution in [3.8, 4) is 0 Å². The summed E-state index contributed by atoms with van der Waals surface area (Å²) < 4.78 is 6.48. The molecule has 5 heteroatoms. The van der Waals surface area contributed by atoms with Gasteiger partial charge in [-0.1, -0.05) is 30.3 Å². The van der Waals surface area contributed by atoms with Crippen molar-refractivity contribution in [2.75, 3.05) is 7.11 Å². The summed E-state index contributed by atoms with van der Waals surface area (Å²) in [7, 11) is 1.35. The summed E-state index contributed by atoms with van der Waals surface area (Å²) in [6.45, 7) is 6.75. The number of ether oxygens (including phenoxy) is 1. The molecule has 1 aromatic carbocycles. The molecule has 0 aliphatic heterocycles. The van der Waals surface area contributed by atoms with E-state index in [0.717, 1.165) is 11.3 Å². The molecule has 106 valence electrons. The largest absolute Gasteiger partial charge is 0.464 e. The van der Waals surface area contributed by atoms with Gasteiger partial charge in [0.25, 0.3) is 0 Å². The van der Waals surface area contributed by atoms with Crippen LogP contribution in [0.15, 0.2) is 18.2 Å². The zero-order chi connectivity index (χ0) is 14.7. The van der Waals surface area contributed by atoms with Gasteiger partial charge in [0.15, 0.2) is 5.69 Å². The fraction of sp³-hybridized carbons (Fsp3) is 0.400. The zero-order valence-corrected chi connectivity index (χ0v) is 12.3. The molecule has 0 spiro atoms. The first-order valence-corrected chi connectivity index (χ1v) is 6.63. The van der Waals surface area contributed by atoms with Crippen LogP contribution in [-0.4, -0.2) is 28.1 Å². The molecule has 2 aromatic rings. The Labute approximate surface area is 118 Å². The number of methoxy groups -OCH3 is 1. The van der Waals surface area contributed by atoms with Crippen molar-refractivity contribution < 1.29 is 9.53 Å². The number of aromatic nitrogens is 3. The number of rotatable bonds is 4. The summed E-state index contributed by atoms with van der Waals surface area (Å²) in [5.74, 6) is -0.437. The second kappa shape index (κ2) is 5.86. The van der Waals surface area contributed by atoms with Gasteiger partial charge in [-0.05, 0) is 37.0 Å². The summed E-state index contributed by atoms with van der Waals surface area (Å²) in [4.78, 5) is 11.6. The Bertz CT molecular complexity index is 632. The van der Waals surface area contributed by atoms with Crippen LogP contribution in [0.4, 0.5) is 0 Å². The third-order valence-corrected chi connectivity index (χ3v) is 3.45. The maximum Gasteiger partial charge on any atom is 0.360 e. The second-order valence-electron chi connectivity index (χ2n) is 4.81. The predicted octanol–water partition coefficient (Wildman–Crippen LogP) is 2.29. The molecule has 0 atom stereocenters. The van der Waals surface area contributed by atoms with E-state index in [-0.39, 0.29) is 0 Å². The molecule has 0 amide bonds. The van der Waals surface area contributed by atoms with E-state index in [9.17, 15) is 4.79 Å². The minimum atomic E-state index is -0.437. The van der Waals surface area contributed by atoms with E-state index in [0.29, 0.717) is 18.7 Å². The lowest BCUT2D eigenvalue weighted by molar-refractivity contribution is 0.0592. The maximum atomic E-state index is 11.6. The number of benzene rings is 1. The lowest BCUT2D eigenvalue weighted by atomic mass is 10.1. The van der Waals surface area contributed by atoms with Crippen LogP contribution in [-0.2, 0) is 17.7 Å². The van der Waals surface area contributed by atoms with Crippen LogP contribution in [0.5, 0.6) is 0 Å². The number of nitrogens with zero attached hydrogens (tertiary/aromatic N) is 3. The molecule has 20 heavy (non-hydrogen) atoms. The molecule has 5 nitrogen and oxygen atoms in total. The lowest BCUT2D eigenvalue weighted by Crippen LogP contribution is -2.10. The normalized spacial score (nSPS) is 10.6. The Hall–Kier alpha value is -2.17. The molecule has 2 rings (SSSR count). The average molecular weight is 273 g/mol. The first kappa shape index (κ1) is 14.2. The highest BCUT2D eigenvalue weighted by Gasteiger charge is 2.18. The first-order chi connectivity index (χ1) is 9.56. The van der Waals surface area contributed by atoms with E-state index in [1.807, 2.05) is 6.92 Å². The fourth-order valence-corrected chi connectivity index (χ4v) is 2.14. The molecule has 0 unspecified atom stereocenters. The van der Waals surface area contributed by atoms with Crippen molar-refractivity contribution in [2.45, 2.75) is 33.7 Å². The standard InChI is InChI=1S/C15H19N3O2/c1-5-13-14(15(19)20-4)16-17-18(13)9-12-7-6-10(2)11(3)8-12/h6-8H,5,9H2,1-4H3. The van der Waals surface area contributed by atoms with Crippen LogP contribution in [0.25, 0.3) is 0 Å². The Kier molecular flexibility index (Phi) is 4.17. The topological polar surface area (TPSA) is 57.0 Å². The van der Waals surface area contributed by atoms with E-state index >= 15 is 0 Å². The van der Waals surface area contributed by atoms with Gasteiger partial charge in [-0.3, -0.25) is 0 Å². The van der Waals surface area contributed by atoms with Crippen LogP contribution in [0.3, 0.4) is 0 Å². The molecule has 1 aromatic heterocycles. The third kappa shape index (κ3) is 2.71. The molecule has 0 saturated carbocycles. The molecule has 0 N–H and O–H groups in total. The van der Waals surface area contributed by atoms with E-state index in [2.05, 4.69) is 42.4 Å². The highest BCUT2D eigenvalue weighted by molar-refractivity contribution is 5.88. The monoisotopic (exact) mass is 273 g/mol. The Morgan fingerprint density at radius 2 is 2.05 bits per heavy atom. The van der Waals surface area contributed by atoms with Crippen LogP contribution < -0.4 is 0 Å². The van der Waals surface area contributed by atoms with Gasteiger partial charge in [-0.2, -0.15) is 0 Å². The van der Waals surface area contributed by atoms with Crippen LogP contribution in [0.1, 0.15) is 39.8 Å². The summed E-state index contributed by atoms with van der Waals surface area (Å²) in [6.07, 6.45) is 0.683. The Morgan fingerprint density at radius 1 is 1.30 bits per heavy atom. The highest BCUT2D eigenvalue weighted by Crippen LogP contribution is 2.14. The number of aryl methyl sites for hydroxylation is 2. The SMILES string of the molecule is CCc1c(C(=O)OC)nnn1Cc1ccc(C)c(C)c1. The van der Waals surface area contributed by atoms with Crippen molar-refractivity contribution >= 4 is 5.97 Å². The van der Waals surface area contributed by atoms with Gasteiger partial charge in [0.1, 0.15) is 0 Å². The van der Waals surface area contributed by atoms with E-state index < -0.39 is 5.97 Å². The summed E-state index contributed by atoms with van der Waals surface area (Å²) in [5.41, 5.74) is 4.75. The molecular formula is C15H19N3O2. The summed E-state index contributed by atoms with van der Waals surface area (Å²) >= 11 is 0. The van der Waals surface area contributed by atoms with E-state index in [1.54, 1.807) is 4.68 Å². The van der Waals surface area contributed by atoms with Crippen LogP contribution >= 0.6 is 0 Å². The quantitative estimate of drug-likeness (QED) is 0.802. The van der Waals surface area contributed by atoms with Crippen LogP contribution in [0, 0.1) is 13.8 Å². The predicted molar refractivity (Wildman–Crippen MR) is 75.8 cm³/mol. The lowest BCUT2D eigenvalue weighted by Gasteiger charge is -2.08. The van der Waals surface area contributed by atoms with Gasteiger partial charge in [0.05, 0.1) is 19.3 Å². The number of hydrogen-bond acceptors (Lipinski definition) is 4. The molecule has 0 aliphatic rings. The zero-order valence-electron chi connectivity index (χ0n) is 12.3. The number of carbonyl (C=O) groups is 1. The van der Waals surface area contributed by atoms with Gasteiger partial charge in [-0.15, -0.1) is 5.10 Å². The molecule has 1 heterocycles. The average Bonchev–Trinajstić information content (AvgIpc) is 2.84. The third-order valence-electron chi connectivity index (χ3n) is 3.45. The van der Waals surface area contributed by atoms with Crippen molar-refractivity contribution in [3.05, 3.63) is 46.3 Å². The van der Waals surface area contributed by atoms with E-state index in [4.69, 9.17) is 4.74 Å². The van der Waals surface area contributed by atoms with Crippen molar-refractivity contribution in [1.82, 2.24) is 15.0 Å². The minimum Gasteiger partial charge on any atom is -0.464 e. The van der Waals surface area contributed by atoms with Crippen molar-refractivity contribution in [3.63, 3.8) is 0 Å². The minimum absolute atomic E-state index is 0.304. The molecular weight excluding hydrogens is 254 g/mol. The smallest absolute Gasteiger partial charge is 0.360 e. The number of hydrogen-bond donors (Lipinski definition) is 0. The van der Waals surface area contributed by atoms with Crippen molar-refractivity contribution in [2.24, 2.45) is 0 Å². The Morgan fingerprint density at radius 3 is 2.65 bits per heavy atom. The van der Waals surface area contributed by atoms with Gasteiger partial charge in [-0.25, -0.2) is 9.48 Å². The Balaban J connectivity index is 2.31. The van der Waals surface area contributed by atoms with Gasteiger partial charge < -0.3 is 4.74 Å². The number of esters is 1. The molecule has 0 saturated heterocycles. The highest BCUT2D eigenvalue weighted by atomic mass is 16.5. The van der Waals surface area contributed by atoms with Gasteiger partial charge >= 0.3 is 5.97 Å². The molecule has 0 radical (unpaired) electrons. The molecule has 0 fully saturated rings. The fourth-order valence-electron chi connectivity index (χ4n) is 2.14. The van der Waals surface area contributed by atoms with Crippen molar-refractivity contribution in [1.29, 1.82) is 0 Å². The van der Waals surface area contributed by atoms with Gasteiger partial charge in [0, 0.05) is 0 Å². The summed E-state index contributed by atoms with van der Waals surface area (Å²) in [5, 5.41) is 8.00.